The maximum absolute atomic E-state index is 2.41. The van der Waals surface area contributed by atoms with Crippen LogP contribution in [0.2, 0.25) is 0 Å². The largest absolute Gasteiger partial charge is 0.305 e. The average Bonchev–Trinajstić information content (AvgIpc) is 2.31. The highest BCUT2D eigenvalue weighted by Gasteiger charge is 2.13. The molecule has 0 bridgehead atoms. The molecule has 0 unspecified atom stereocenters. The predicted molar refractivity (Wildman–Crippen MR) is 96.0 cm³/mol. The smallest absolute Gasteiger partial charge is 0.0230 e. The molecule has 0 aliphatic heterocycles. The fourth-order valence-corrected chi connectivity index (χ4v) is 2.74. The van der Waals surface area contributed by atoms with Crippen molar-refractivity contribution in [1.29, 1.82) is 0 Å². The molecule has 126 valence electrons. The van der Waals surface area contributed by atoms with Crippen molar-refractivity contribution in [3.8, 4) is 0 Å². The molecule has 0 N–H and O–H groups in total. The molecule has 1 rings (SSSR count). The zero-order valence-corrected chi connectivity index (χ0v) is 15.8. The van der Waals surface area contributed by atoms with Gasteiger partial charge >= 0.3 is 0 Å². The molecular weight excluding hydrogens is 272 g/mol. The second kappa shape index (κ2) is 8.63. The van der Waals surface area contributed by atoms with E-state index in [1.165, 1.54) is 22.3 Å². The summed E-state index contributed by atoms with van der Waals surface area (Å²) in [7, 11) is 17.1. The number of hydrogen-bond donors (Lipinski definition) is 0. The Morgan fingerprint density at radius 2 is 0.636 bits per heavy atom. The molecule has 0 fully saturated rings. The molecule has 0 atom stereocenters. The van der Waals surface area contributed by atoms with Gasteiger partial charge in [0.1, 0.15) is 0 Å². The molecule has 0 aromatic heterocycles. The van der Waals surface area contributed by atoms with E-state index in [1.807, 2.05) is 0 Å². The van der Waals surface area contributed by atoms with Gasteiger partial charge in [-0.1, -0.05) is 12.1 Å². The first-order valence-electron chi connectivity index (χ1n) is 7.91. The van der Waals surface area contributed by atoms with Crippen molar-refractivity contribution >= 4 is 0 Å². The van der Waals surface area contributed by atoms with Crippen molar-refractivity contribution in [2.24, 2.45) is 0 Å². The summed E-state index contributed by atoms with van der Waals surface area (Å²) in [6.07, 6.45) is 0. The van der Waals surface area contributed by atoms with E-state index in [0.29, 0.717) is 0 Å². The van der Waals surface area contributed by atoms with Gasteiger partial charge in [0.15, 0.2) is 0 Å². The van der Waals surface area contributed by atoms with Gasteiger partial charge in [0.2, 0.25) is 0 Å². The molecule has 4 nitrogen and oxygen atoms in total. The third kappa shape index (κ3) is 6.44. The predicted octanol–water partition coefficient (Wildman–Crippen LogP) is 1.93. The van der Waals surface area contributed by atoms with E-state index in [0.717, 1.165) is 26.2 Å². The molecule has 0 spiro atoms. The quantitative estimate of drug-likeness (QED) is 0.727. The van der Waals surface area contributed by atoms with Crippen LogP contribution in [0.5, 0.6) is 0 Å². The van der Waals surface area contributed by atoms with Crippen LogP contribution in [0.4, 0.5) is 0 Å². The number of rotatable bonds is 8. The molecule has 0 amide bonds. The van der Waals surface area contributed by atoms with Crippen LogP contribution < -0.4 is 0 Å². The van der Waals surface area contributed by atoms with Gasteiger partial charge in [0.25, 0.3) is 0 Å². The minimum absolute atomic E-state index is 0.992. The molecule has 22 heavy (non-hydrogen) atoms. The molecule has 0 radical (unpaired) electrons. The lowest BCUT2D eigenvalue weighted by atomic mass is 9.96. The maximum Gasteiger partial charge on any atom is 0.0230 e. The van der Waals surface area contributed by atoms with Gasteiger partial charge in [-0.3, -0.25) is 0 Å². The SMILES string of the molecule is CN(C)Cc1cc(CN(C)C)c(CN(C)C)cc1CN(C)C. The monoisotopic (exact) mass is 306 g/mol. The molecule has 0 aliphatic carbocycles. The molecule has 4 heteroatoms. The van der Waals surface area contributed by atoms with Crippen molar-refractivity contribution in [3.63, 3.8) is 0 Å². The summed E-state index contributed by atoms with van der Waals surface area (Å²) in [5.41, 5.74) is 5.77. The lowest BCUT2D eigenvalue weighted by molar-refractivity contribution is 0.370. The first-order chi connectivity index (χ1) is 10.2. The summed E-state index contributed by atoms with van der Waals surface area (Å²) in [4.78, 5) is 9.00. The molecule has 1 aromatic carbocycles. The van der Waals surface area contributed by atoms with Crippen molar-refractivity contribution in [1.82, 2.24) is 19.6 Å². The van der Waals surface area contributed by atoms with Crippen molar-refractivity contribution in [2.45, 2.75) is 26.2 Å². The highest BCUT2D eigenvalue weighted by Crippen LogP contribution is 2.22. The summed E-state index contributed by atoms with van der Waals surface area (Å²) in [5.74, 6) is 0. The van der Waals surface area contributed by atoms with Crippen LogP contribution in [0, 0.1) is 0 Å². The van der Waals surface area contributed by atoms with Gasteiger partial charge in [-0.25, -0.2) is 0 Å². The van der Waals surface area contributed by atoms with Gasteiger partial charge < -0.3 is 19.6 Å². The second-order valence-electron chi connectivity index (χ2n) is 7.34. The zero-order chi connectivity index (χ0) is 16.9. The fourth-order valence-electron chi connectivity index (χ4n) is 2.74. The highest BCUT2D eigenvalue weighted by molar-refractivity contribution is 5.39. The summed E-state index contributed by atoms with van der Waals surface area (Å²) >= 11 is 0. The van der Waals surface area contributed by atoms with Crippen LogP contribution in [0.25, 0.3) is 0 Å². The third-order valence-corrected chi connectivity index (χ3v) is 3.47. The Labute approximate surface area is 137 Å². The Kier molecular flexibility index (Phi) is 7.49. The maximum atomic E-state index is 2.41. The molecule has 1 aromatic rings. The molecule has 0 heterocycles. The summed E-state index contributed by atoms with van der Waals surface area (Å²) in [6.45, 7) is 3.97. The van der Waals surface area contributed by atoms with Crippen molar-refractivity contribution in [2.75, 3.05) is 56.4 Å². The van der Waals surface area contributed by atoms with Gasteiger partial charge in [0, 0.05) is 26.2 Å². The lowest BCUT2D eigenvalue weighted by Gasteiger charge is -2.23. The van der Waals surface area contributed by atoms with Crippen LogP contribution in [0.3, 0.4) is 0 Å². The summed E-state index contributed by atoms with van der Waals surface area (Å²) in [5, 5.41) is 0. The van der Waals surface area contributed by atoms with Gasteiger partial charge in [0.05, 0.1) is 0 Å². The van der Waals surface area contributed by atoms with Crippen LogP contribution in [0.15, 0.2) is 12.1 Å². The number of hydrogen-bond acceptors (Lipinski definition) is 4. The summed E-state index contributed by atoms with van der Waals surface area (Å²) in [6, 6.07) is 4.83. The third-order valence-electron chi connectivity index (χ3n) is 3.47. The van der Waals surface area contributed by atoms with Gasteiger partial charge in [-0.05, 0) is 78.6 Å². The minimum Gasteiger partial charge on any atom is -0.305 e. The van der Waals surface area contributed by atoms with Crippen molar-refractivity contribution < 1.29 is 0 Å². The van der Waals surface area contributed by atoms with Crippen LogP contribution in [-0.2, 0) is 26.2 Å². The molecule has 0 saturated carbocycles. The highest BCUT2D eigenvalue weighted by atomic mass is 15.1. The average molecular weight is 306 g/mol. The van der Waals surface area contributed by atoms with Crippen LogP contribution in [-0.4, -0.2) is 76.0 Å². The Balaban J connectivity index is 3.27. The zero-order valence-electron chi connectivity index (χ0n) is 15.8. The molecular formula is C18H34N4. The van der Waals surface area contributed by atoms with E-state index in [2.05, 4.69) is 88.1 Å². The Morgan fingerprint density at radius 1 is 0.455 bits per heavy atom. The van der Waals surface area contributed by atoms with E-state index in [9.17, 15) is 0 Å². The van der Waals surface area contributed by atoms with E-state index >= 15 is 0 Å². The van der Waals surface area contributed by atoms with Gasteiger partial charge in [-0.15, -0.1) is 0 Å². The Bertz CT molecular complexity index is 382. The van der Waals surface area contributed by atoms with Crippen molar-refractivity contribution in [3.05, 3.63) is 34.4 Å². The van der Waals surface area contributed by atoms with E-state index in [1.54, 1.807) is 0 Å². The topological polar surface area (TPSA) is 13.0 Å². The standard InChI is InChI=1S/C18H34N4/c1-19(2)11-15-9-17(13-21(5)6)18(14-22(7)8)10-16(15)12-20(3)4/h9-10H,11-14H2,1-8H3. The minimum atomic E-state index is 0.992. The van der Waals surface area contributed by atoms with Crippen LogP contribution >= 0.6 is 0 Å². The lowest BCUT2D eigenvalue weighted by Crippen LogP contribution is -2.21. The molecule has 0 aliphatic rings. The van der Waals surface area contributed by atoms with Gasteiger partial charge in [-0.2, -0.15) is 0 Å². The number of benzene rings is 1. The van der Waals surface area contributed by atoms with E-state index < -0.39 is 0 Å². The Morgan fingerprint density at radius 3 is 0.773 bits per heavy atom. The fraction of sp³-hybridized carbons (Fsp3) is 0.667. The molecule has 0 saturated heterocycles. The van der Waals surface area contributed by atoms with E-state index in [4.69, 9.17) is 0 Å². The van der Waals surface area contributed by atoms with Crippen LogP contribution in [0.1, 0.15) is 22.3 Å². The first-order valence-corrected chi connectivity index (χ1v) is 7.91. The first kappa shape index (κ1) is 19.1. The van der Waals surface area contributed by atoms with E-state index in [-0.39, 0.29) is 0 Å². The Hall–Kier alpha value is -0.940. The normalized spacial score (nSPS) is 12.2. The summed E-state index contributed by atoms with van der Waals surface area (Å²) < 4.78 is 0. The number of nitrogens with zero attached hydrogens (tertiary/aromatic N) is 4. The second-order valence-corrected chi connectivity index (χ2v) is 7.34.